The summed E-state index contributed by atoms with van der Waals surface area (Å²) in [6, 6.07) is 3.53. The Morgan fingerprint density at radius 2 is 2.29 bits per heavy atom. The van der Waals surface area contributed by atoms with Crippen LogP contribution in [-0.4, -0.2) is 35.6 Å². The largest absolute Gasteiger partial charge is 0.388 e. The number of hydrogen-bond donors (Lipinski definition) is 3. The van der Waals surface area contributed by atoms with Crippen molar-refractivity contribution < 1.29 is 9.53 Å². The molecule has 92 valence electrons. The summed E-state index contributed by atoms with van der Waals surface area (Å²) >= 11 is 4.82. The van der Waals surface area contributed by atoms with Gasteiger partial charge in [0.25, 0.3) is 0 Å². The molecule has 0 aliphatic heterocycles. The topological polar surface area (TPSA) is 103 Å². The summed E-state index contributed by atoms with van der Waals surface area (Å²) in [5.41, 5.74) is 11.8. The van der Waals surface area contributed by atoms with Crippen LogP contribution in [0.3, 0.4) is 0 Å². The SMILES string of the molecule is NC(=O)COCCNc1ccnc(C(N)=S)c1. The van der Waals surface area contributed by atoms with E-state index in [4.69, 9.17) is 28.4 Å². The van der Waals surface area contributed by atoms with Crippen LogP contribution in [0.15, 0.2) is 18.3 Å². The van der Waals surface area contributed by atoms with Crippen LogP contribution in [-0.2, 0) is 9.53 Å². The van der Waals surface area contributed by atoms with Crippen LogP contribution in [0.4, 0.5) is 5.69 Å². The average molecular weight is 254 g/mol. The molecule has 0 saturated heterocycles. The van der Waals surface area contributed by atoms with Gasteiger partial charge in [0.05, 0.1) is 12.3 Å². The minimum atomic E-state index is -0.482. The van der Waals surface area contributed by atoms with E-state index in [2.05, 4.69) is 10.3 Å². The Kier molecular flexibility index (Phi) is 5.31. The quantitative estimate of drug-likeness (QED) is 0.453. The number of nitrogens with zero attached hydrogens (tertiary/aromatic N) is 1. The highest BCUT2D eigenvalue weighted by Crippen LogP contribution is 2.07. The zero-order valence-corrected chi connectivity index (χ0v) is 10.00. The Bertz CT molecular complexity index is 411. The molecule has 0 aliphatic rings. The number of anilines is 1. The van der Waals surface area contributed by atoms with Crippen molar-refractivity contribution in [3.63, 3.8) is 0 Å². The van der Waals surface area contributed by atoms with Gasteiger partial charge in [-0.3, -0.25) is 9.78 Å². The van der Waals surface area contributed by atoms with Crippen molar-refractivity contribution in [2.75, 3.05) is 25.1 Å². The van der Waals surface area contributed by atoms with Crippen LogP contribution in [0.25, 0.3) is 0 Å². The van der Waals surface area contributed by atoms with E-state index in [0.29, 0.717) is 18.8 Å². The minimum absolute atomic E-state index is 0.0733. The van der Waals surface area contributed by atoms with Gasteiger partial charge in [-0.1, -0.05) is 12.2 Å². The molecule has 0 radical (unpaired) electrons. The normalized spacial score (nSPS) is 9.88. The first kappa shape index (κ1) is 13.3. The highest BCUT2D eigenvalue weighted by atomic mass is 32.1. The van der Waals surface area contributed by atoms with Crippen molar-refractivity contribution >= 4 is 28.8 Å². The van der Waals surface area contributed by atoms with Gasteiger partial charge < -0.3 is 21.5 Å². The average Bonchev–Trinajstić information content (AvgIpc) is 2.28. The number of carbonyl (C=O) groups is 1. The number of amides is 1. The summed E-state index contributed by atoms with van der Waals surface area (Å²) in [7, 11) is 0. The van der Waals surface area contributed by atoms with Crippen LogP contribution in [0.1, 0.15) is 5.69 Å². The molecule has 7 heteroatoms. The van der Waals surface area contributed by atoms with E-state index < -0.39 is 5.91 Å². The zero-order chi connectivity index (χ0) is 12.7. The van der Waals surface area contributed by atoms with Crippen molar-refractivity contribution in [1.82, 2.24) is 4.98 Å². The van der Waals surface area contributed by atoms with Crippen molar-refractivity contribution in [2.24, 2.45) is 11.5 Å². The smallest absolute Gasteiger partial charge is 0.243 e. The molecule has 1 aromatic heterocycles. The fraction of sp³-hybridized carbons (Fsp3) is 0.300. The third-order valence-electron chi connectivity index (χ3n) is 1.83. The van der Waals surface area contributed by atoms with Gasteiger partial charge in [0.1, 0.15) is 11.6 Å². The fourth-order valence-electron chi connectivity index (χ4n) is 1.12. The van der Waals surface area contributed by atoms with Gasteiger partial charge in [-0.15, -0.1) is 0 Å². The maximum absolute atomic E-state index is 10.4. The number of hydrogen-bond acceptors (Lipinski definition) is 5. The number of primary amides is 1. The molecular formula is C10H14N4O2S. The lowest BCUT2D eigenvalue weighted by Crippen LogP contribution is -2.20. The molecule has 0 saturated carbocycles. The molecule has 0 atom stereocenters. The standard InChI is InChI=1S/C10H14N4O2S/c11-9(15)6-16-4-3-13-7-1-2-14-8(5-7)10(12)17/h1-2,5H,3-4,6H2,(H2,11,15)(H2,12,17)(H,13,14). The van der Waals surface area contributed by atoms with Crippen molar-refractivity contribution in [2.45, 2.75) is 0 Å². The lowest BCUT2D eigenvalue weighted by Gasteiger charge is -2.07. The number of pyridine rings is 1. The van der Waals surface area contributed by atoms with Gasteiger partial charge >= 0.3 is 0 Å². The number of thiocarbonyl (C=S) groups is 1. The Morgan fingerprint density at radius 3 is 2.94 bits per heavy atom. The Labute approximate surface area is 104 Å². The van der Waals surface area contributed by atoms with Gasteiger partial charge in [-0.2, -0.15) is 0 Å². The predicted octanol–water partition coefficient (Wildman–Crippen LogP) is -0.370. The maximum Gasteiger partial charge on any atom is 0.243 e. The molecular weight excluding hydrogens is 240 g/mol. The van der Waals surface area contributed by atoms with Gasteiger partial charge in [0, 0.05) is 18.4 Å². The van der Waals surface area contributed by atoms with Gasteiger partial charge in [0.2, 0.25) is 5.91 Å². The first-order chi connectivity index (χ1) is 8.09. The van der Waals surface area contributed by atoms with E-state index >= 15 is 0 Å². The first-order valence-corrected chi connectivity index (χ1v) is 5.36. The van der Waals surface area contributed by atoms with Crippen molar-refractivity contribution in [3.05, 3.63) is 24.0 Å². The van der Waals surface area contributed by atoms with Gasteiger partial charge in [-0.05, 0) is 12.1 Å². The number of rotatable bonds is 7. The predicted molar refractivity (Wildman–Crippen MR) is 68.6 cm³/mol. The lowest BCUT2D eigenvalue weighted by molar-refractivity contribution is -0.122. The van der Waals surface area contributed by atoms with Crippen LogP contribution < -0.4 is 16.8 Å². The number of nitrogens with one attached hydrogen (secondary N) is 1. The second kappa shape index (κ2) is 6.77. The molecule has 17 heavy (non-hydrogen) atoms. The molecule has 5 N–H and O–H groups in total. The zero-order valence-electron chi connectivity index (χ0n) is 9.18. The molecule has 6 nitrogen and oxygen atoms in total. The third kappa shape index (κ3) is 5.23. The van der Waals surface area contributed by atoms with Crippen LogP contribution in [0, 0.1) is 0 Å². The van der Waals surface area contributed by atoms with Crippen molar-refractivity contribution in [3.8, 4) is 0 Å². The summed E-state index contributed by atoms with van der Waals surface area (Å²) in [5, 5.41) is 3.08. The van der Waals surface area contributed by atoms with E-state index in [1.165, 1.54) is 0 Å². The Morgan fingerprint density at radius 1 is 1.53 bits per heavy atom. The van der Waals surface area contributed by atoms with E-state index in [0.717, 1.165) is 5.69 Å². The molecule has 0 unspecified atom stereocenters. The number of ether oxygens (including phenoxy) is 1. The van der Waals surface area contributed by atoms with E-state index in [1.807, 2.05) is 0 Å². The third-order valence-corrected chi connectivity index (χ3v) is 2.04. The fourth-order valence-corrected chi connectivity index (χ4v) is 1.23. The molecule has 1 aromatic rings. The van der Waals surface area contributed by atoms with Crippen LogP contribution in [0.5, 0.6) is 0 Å². The Balaban J connectivity index is 2.34. The summed E-state index contributed by atoms with van der Waals surface area (Å²) in [6.45, 7) is 0.859. The summed E-state index contributed by atoms with van der Waals surface area (Å²) in [5.74, 6) is -0.482. The summed E-state index contributed by atoms with van der Waals surface area (Å²) in [6.07, 6.45) is 1.61. The molecule has 0 spiro atoms. The highest BCUT2D eigenvalue weighted by molar-refractivity contribution is 7.80. The molecule has 0 bridgehead atoms. The second-order valence-corrected chi connectivity index (χ2v) is 3.68. The first-order valence-electron chi connectivity index (χ1n) is 4.95. The number of carbonyl (C=O) groups excluding carboxylic acids is 1. The van der Waals surface area contributed by atoms with Gasteiger partial charge in [0.15, 0.2) is 0 Å². The number of nitrogens with two attached hydrogens (primary N) is 2. The molecule has 1 heterocycles. The lowest BCUT2D eigenvalue weighted by atomic mass is 10.3. The van der Waals surface area contributed by atoms with Gasteiger partial charge in [-0.25, -0.2) is 0 Å². The Hall–Kier alpha value is -1.73. The van der Waals surface area contributed by atoms with Crippen molar-refractivity contribution in [1.29, 1.82) is 0 Å². The minimum Gasteiger partial charge on any atom is -0.388 e. The highest BCUT2D eigenvalue weighted by Gasteiger charge is 1.99. The van der Waals surface area contributed by atoms with Crippen LogP contribution >= 0.6 is 12.2 Å². The van der Waals surface area contributed by atoms with E-state index in [1.54, 1.807) is 18.3 Å². The summed E-state index contributed by atoms with van der Waals surface area (Å²) < 4.78 is 4.99. The summed E-state index contributed by atoms with van der Waals surface area (Å²) in [4.78, 5) is 14.6. The monoisotopic (exact) mass is 254 g/mol. The van der Waals surface area contributed by atoms with E-state index in [9.17, 15) is 4.79 Å². The molecule has 1 rings (SSSR count). The number of aromatic nitrogens is 1. The molecule has 0 fully saturated rings. The van der Waals surface area contributed by atoms with E-state index in [-0.39, 0.29) is 11.6 Å². The molecule has 0 aromatic carbocycles. The molecule has 1 amide bonds. The van der Waals surface area contributed by atoms with Crippen LogP contribution in [0.2, 0.25) is 0 Å². The molecule has 0 aliphatic carbocycles. The second-order valence-electron chi connectivity index (χ2n) is 3.24. The maximum atomic E-state index is 10.4.